The normalized spacial score (nSPS) is 22.6. The first kappa shape index (κ1) is 16.9. The van der Waals surface area contributed by atoms with Gasteiger partial charge in [-0.1, -0.05) is 0 Å². The Morgan fingerprint density at radius 1 is 1.45 bits per heavy atom. The molecule has 0 aromatic heterocycles. The molecule has 122 valence electrons. The summed E-state index contributed by atoms with van der Waals surface area (Å²) in [6.45, 7) is 2.40. The van der Waals surface area contributed by atoms with Crippen LogP contribution in [-0.4, -0.2) is 44.9 Å². The third-order valence-electron chi connectivity index (χ3n) is 3.91. The second kappa shape index (κ2) is 6.31. The molecule has 3 N–H and O–H groups in total. The molecule has 1 aliphatic rings. The maximum Gasteiger partial charge on any atom is 0.254 e. The van der Waals surface area contributed by atoms with Crippen LogP contribution in [0.3, 0.4) is 0 Å². The highest BCUT2D eigenvalue weighted by atomic mass is 32.2. The molecule has 1 amide bonds. The number of hydrogen-bond donors (Lipinski definition) is 2. The number of rotatable bonds is 3. The lowest BCUT2D eigenvalue weighted by atomic mass is 9.98. The number of carbonyl (C=O) groups excluding carboxylic acids is 1. The summed E-state index contributed by atoms with van der Waals surface area (Å²) in [5.41, 5.74) is 6.02. The van der Waals surface area contributed by atoms with Crippen LogP contribution >= 0.6 is 0 Å². The number of amides is 1. The summed E-state index contributed by atoms with van der Waals surface area (Å²) in [4.78, 5) is 13.7. The second-order valence-corrected chi connectivity index (χ2v) is 7.34. The van der Waals surface area contributed by atoms with Gasteiger partial charge in [-0.3, -0.25) is 4.79 Å². The van der Waals surface area contributed by atoms with Gasteiger partial charge in [0.15, 0.2) is 0 Å². The highest BCUT2D eigenvalue weighted by molar-refractivity contribution is 7.89. The first-order chi connectivity index (χ1) is 10.3. The molecule has 22 heavy (non-hydrogen) atoms. The van der Waals surface area contributed by atoms with Gasteiger partial charge in [-0.25, -0.2) is 17.5 Å². The van der Waals surface area contributed by atoms with E-state index >= 15 is 0 Å². The number of nitrogens with two attached hydrogens (primary N) is 1. The van der Waals surface area contributed by atoms with Gasteiger partial charge in [0.1, 0.15) is 10.7 Å². The van der Waals surface area contributed by atoms with E-state index in [0.717, 1.165) is 12.1 Å². The van der Waals surface area contributed by atoms with E-state index in [0.29, 0.717) is 19.4 Å². The number of halogens is 1. The van der Waals surface area contributed by atoms with E-state index < -0.39 is 20.7 Å². The Labute approximate surface area is 129 Å². The maximum absolute atomic E-state index is 13.7. The molecule has 0 radical (unpaired) electrons. The van der Waals surface area contributed by atoms with E-state index in [1.165, 1.54) is 13.1 Å². The number of likely N-dealkylation sites (tertiary alicyclic amines) is 1. The highest BCUT2D eigenvalue weighted by Gasteiger charge is 2.29. The van der Waals surface area contributed by atoms with Crippen molar-refractivity contribution in [3.05, 3.63) is 29.6 Å². The molecule has 0 aliphatic carbocycles. The molecule has 2 rings (SSSR count). The van der Waals surface area contributed by atoms with Crippen molar-refractivity contribution in [3.8, 4) is 0 Å². The van der Waals surface area contributed by atoms with Crippen molar-refractivity contribution in [2.24, 2.45) is 5.73 Å². The van der Waals surface area contributed by atoms with Crippen LogP contribution in [-0.2, 0) is 10.0 Å². The quantitative estimate of drug-likeness (QED) is 0.853. The summed E-state index contributed by atoms with van der Waals surface area (Å²) >= 11 is 0. The van der Waals surface area contributed by atoms with Gasteiger partial charge in [0.25, 0.3) is 5.91 Å². The molecule has 0 saturated carbocycles. The van der Waals surface area contributed by atoms with E-state index in [1.807, 2.05) is 11.6 Å². The summed E-state index contributed by atoms with van der Waals surface area (Å²) in [5.74, 6) is -1.20. The van der Waals surface area contributed by atoms with Gasteiger partial charge in [-0.05, 0) is 45.0 Å². The topological polar surface area (TPSA) is 92.5 Å². The lowest BCUT2D eigenvalue weighted by molar-refractivity contribution is 0.0618. The minimum absolute atomic E-state index is 0.0364. The van der Waals surface area contributed by atoms with E-state index in [2.05, 4.69) is 0 Å². The number of benzene rings is 1. The van der Waals surface area contributed by atoms with Crippen molar-refractivity contribution < 1.29 is 17.6 Å². The zero-order valence-electron chi connectivity index (χ0n) is 12.5. The van der Waals surface area contributed by atoms with Crippen LogP contribution < -0.4 is 10.5 Å². The van der Waals surface area contributed by atoms with Crippen molar-refractivity contribution in [3.63, 3.8) is 0 Å². The molecule has 1 heterocycles. The molecule has 1 aromatic carbocycles. The van der Waals surface area contributed by atoms with E-state index in [-0.39, 0.29) is 23.6 Å². The number of piperidine rings is 1. The number of nitrogens with zero attached hydrogens (tertiary/aromatic N) is 1. The largest absolute Gasteiger partial charge is 0.336 e. The third-order valence-corrected chi connectivity index (χ3v) is 5.34. The standard InChI is InChI=1S/C14H20FN3O3S/c1-9-7-11(16)5-6-18(9)14(19)10-3-4-12(15)13(8-10)22(20,21)17-2/h3-4,8-9,11,17H,5-7,16H2,1-2H3. The van der Waals surface area contributed by atoms with Crippen LogP contribution in [0.25, 0.3) is 0 Å². The minimum atomic E-state index is -3.95. The maximum atomic E-state index is 13.7. The van der Waals surface area contributed by atoms with Crippen LogP contribution in [0.15, 0.2) is 23.1 Å². The van der Waals surface area contributed by atoms with Crippen molar-refractivity contribution in [2.75, 3.05) is 13.6 Å². The molecule has 6 nitrogen and oxygen atoms in total. The van der Waals surface area contributed by atoms with Gasteiger partial charge in [-0.15, -0.1) is 0 Å². The molecule has 1 aromatic rings. The minimum Gasteiger partial charge on any atom is -0.336 e. The molecule has 2 atom stereocenters. The number of carbonyl (C=O) groups is 1. The van der Waals surface area contributed by atoms with Crippen LogP contribution in [0.1, 0.15) is 30.1 Å². The van der Waals surface area contributed by atoms with Crippen molar-refractivity contribution in [2.45, 2.75) is 36.7 Å². The Morgan fingerprint density at radius 2 is 2.14 bits per heavy atom. The van der Waals surface area contributed by atoms with Crippen LogP contribution in [0, 0.1) is 5.82 Å². The van der Waals surface area contributed by atoms with Crippen LogP contribution in [0.5, 0.6) is 0 Å². The number of hydrogen-bond acceptors (Lipinski definition) is 4. The highest BCUT2D eigenvalue weighted by Crippen LogP contribution is 2.21. The Bertz CT molecular complexity index is 678. The monoisotopic (exact) mass is 329 g/mol. The van der Waals surface area contributed by atoms with Gasteiger partial charge < -0.3 is 10.6 Å². The second-order valence-electron chi connectivity index (χ2n) is 5.48. The third kappa shape index (κ3) is 3.29. The van der Waals surface area contributed by atoms with Gasteiger partial charge >= 0.3 is 0 Å². The molecular weight excluding hydrogens is 309 g/mol. The molecule has 1 fully saturated rings. The summed E-state index contributed by atoms with van der Waals surface area (Å²) in [5, 5.41) is 0. The fourth-order valence-electron chi connectivity index (χ4n) is 2.63. The average Bonchev–Trinajstić information content (AvgIpc) is 2.47. The van der Waals surface area contributed by atoms with Gasteiger partial charge in [-0.2, -0.15) is 0 Å². The molecule has 1 saturated heterocycles. The Balaban J connectivity index is 2.33. The van der Waals surface area contributed by atoms with E-state index in [1.54, 1.807) is 4.90 Å². The van der Waals surface area contributed by atoms with E-state index in [9.17, 15) is 17.6 Å². The van der Waals surface area contributed by atoms with Gasteiger partial charge in [0.2, 0.25) is 10.0 Å². The SMILES string of the molecule is CNS(=O)(=O)c1cc(C(=O)N2CCC(N)CC2C)ccc1F. The Morgan fingerprint density at radius 3 is 2.73 bits per heavy atom. The van der Waals surface area contributed by atoms with E-state index in [4.69, 9.17) is 5.73 Å². The van der Waals surface area contributed by atoms with Crippen molar-refractivity contribution >= 4 is 15.9 Å². The van der Waals surface area contributed by atoms with Gasteiger partial charge in [0.05, 0.1) is 0 Å². The molecule has 0 spiro atoms. The first-order valence-corrected chi connectivity index (χ1v) is 8.54. The summed E-state index contributed by atoms with van der Waals surface area (Å²) in [7, 11) is -2.76. The number of sulfonamides is 1. The average molecular weight is 329 g/mol. The molecule has 2 unspecified atom stereocenters. The predicted molar refractivity (Wildman–Crippen MR) is 80.4 cm³/mol. The molecule has 0 bridgehead atoms. The fourth-order valence-corrected chi connectivity index (χ4v) is 3.46. The lowest BCUT2D eigenvalue weighted by Crippen LogP contribution is -2.48. The van der Waals surface area contributed by atoms with Crippen molar-refractivity contribution in [1.82, 2.24) is 9.62 Å². The summed E-state index contributed by atoms with van der Waals surface area (Å²) < 4.78 is 39.3. The van der Waals surface area contributed by atoms with Crippen LogP contribution in [0.2, 0.25) is 0 Å². The zero-order valence-corrected chi connectivity index (χ0v) is 13.4. The molecule has 8 heteroatoms. The smallest absolute Gasteiger partial charge is 0.254 e. The summed E-state index contributed by atoms with van der Waals surface area (Å²) in [6, 6.07) is 3.40. The number of nitrogens with one attached hydrogen (secondary N) is 1. The van der Waals surface area contributed by atoms with Gasteiger partial charge in [0, 0.05) is 24.2 Å². The Hall–Kier alpha value is -1.51. The molecular formula is C14H20FN3O3S. The summed E-state index contributed by atoms with van der Waals surface area (Å²) in [6.07, 6.45) is 1.38. The zero-order chi connectivity index (χ0) is 16.5. The van der Waals surface area contributed by atoms with Crippen molar-refractivity contribution in [1.29, 1.82) is 0 Å². The Kier molecular flexibility index (Phi) is 4.84. The predicted octanol–water partition coefficient (Wildman–Crippen LogP) is 0.686. The first-order valence-electron chi connectivity index (χ1n) is 7.06. The van der Waals surface area contributed by atoms with Crippen LogP contribution in [0.4, 0.5) is 4.39 Å². The molecule has 1 aliphatic heterocycles. The fraction of sp³-hybridized carbons (Fsp3) is 0.500. The lowest BCUT2D eigenvalue weighted by Gasteiger charge is -2.36.